The third kappa shape index (κ3) is 4.34. The molecule has 100 valence electrons. The van der Waals surface area contributed by atoms with Gasteiger partial charge in [-0.25, -0.2) is 0 Å². The Morgan fingerprint density at radius 2 is 2.22 bits per heavy atom. The number of aromatic hydroxyl groups is 1. The maximum absolute atomic E-state index is 9.42. The van der Waals surface area contributed by atoms with Gasteiger partial charge in [0.25, 0.3) is 0 Å². The number of aryl methyl sites for hydroxylation is 1. The van der Waals surface area contributed by atoms with E-state index in [0.717, 1.165) is 24.9 Å². The van der Waals surface area contributed by atoms with Crippen molar-refractivity contribution in [3.8, 4) is 5.75 Å². The van der Waals surface area contributed by atoms with Crippen LogP contribution < -0.4 is 5.32 Å². The Labute approximate surface area is 110 Å². The zero-order valence-electron chi connectivity index (χ0n) is 11.4. The Balaban J connectivity index is 1.72. The molecule has 2 nitrogen and oxygen atoms in total. The minimum Gasteiger partial charge on any atom is -0.508 e. The van der Waals surface area contributed by atoms with Crippen molar-refractivity contribution in [2.24, 2.45) is 5.92 Å². The average Bonchev–Trinajstić information content (AvgIpc) is 3.18. The smallest absolute Gasteiger partial charge is 0.115 e. The van der Waals surface area contributed by atoms with E-state index in [9.17, 15) is 5.11 Å². The van der Waals surface area contributed by atoms with Crippen molar-refractivity contribution in [3.63, 3.8) is 0 Å². The summed E-state index contributed by atoms with van der Waals surface area (Å²) in [7, 11) is 0. The quantitative estimate of drug-likeness (QED) is 0.737. The van der Waals surface area contributed by atoms with Crippen LogP contribution in [0.15, 0.2) is 24.3 Å². The third-order valence-corrected chi connectivity index (χ3v) is 3.74. The van der Waals surface area contributed by atoms with Crippen LogP contribution in [0.25, 0.3) is 0 Å². The molecule has 0 aromatic heterocycles. The number of phenols is 1. The van der Waals surface area contributed by atoms with Gasteiger partial charge < -0.3 is 10.4 Å². The van der Waals surface area contributed by atoms with Crippen LogP contribution in [-0.2, 0) is 6.42 Å². The van der Waals surface area contributed by atoms with Gasteiger partial charge >= 0.3 is 0 Å². The predicted molar refractivity (Wildman–Crippen MR) is 75.9 cm³/mol. The molecule has 18 heavy (non-hydrogen) atoms. The second-order valence-corrected chi connectivity index (χ2v) is 5.46. The van der Waals surface area contributed by atoms with Crippen LogP contribution >= 0.6 is 0 Å². The average molecular weight is 247 g/mol. The lowest BCUT2D eigenvalue weighted by molar-refractivity contribution is 0.424. The fourth-order valence-electron chi connectivity index (χ4n) is 2.57. The lowest BCUT2D eigenvalue weighted by atomic mass is 10.0. The maximum atomic E-state index is 9.42. The summed E-state index contributed by atoms with van der Waals surface area (Å²) in [6, 6.07) is 8.37. The summed E-state index contributed by atoms with van der Waals surface area (Å²) >= 11 is 0. The van der Waals surface area contributed by atoms with Gasteiger partial charge in [0.2, 0.25) is 0 Å². The molecule has 0 heterocycles. The summed E-state index contributed by atoms with van der Waals surface area (Å²) in [4.78, 5) is 0. The highest BCUT2D eigenvalue weighted by Gasteiger charge is 2.29. The predicted octanol–water partition coefficient (Wildman–Crippen LogP) is 3.49. The maximum Gasteiger partial charge on any atom is 0.115 e. The molecule has 1 fully saturated rings. The Morgan fingerprint density at radius 3 is 2.89 bits per heavy atom. The summed E-state index contributed by atoms with van der Waals surface area (Å²) in [6.07, 6.45) is 7.59. The van der Waals surface area contributed by atoms with Crippen molar-refractivity contribution >= 4 is 0 Å². The van der Waals surface area contributed by atoms with E-state index in [2.05, 4.69) is 18.3 Å². The standard InChI is InChI=1S/C16H25NO/c1-2-11-17-16(14-9-10-14)8-4-6-13-5-3-7-15(18)12-13/h3,5,7,12,14,16-18H,2,4,6,8-11H2,1H3. The highest BCUT2D eigenvalue weighted by molar-refractivity contribution is 5.27. The first-order valence-electron chi connectivity index (χ1n) is 7.31. The molecule has 1 aromatic carbocycles. The summed E-state index contributed by atoms with van der Waals surface area (Å²) in [5.74, 6) is 1.32. The van der Waals surface area contributed by atoms with E-state index < -0.39 is 0 Å². The number of benzene rings is 1. The van der Waals surface area contributed by atoms with Crippen LogP contribution in [-0.4, -0.2) is 17.7 Å². The molecule has 1 saturated carbocycles. The van der Waals surface area contributed by atoms with Crippen molar-refractivity contribution in [1.82, 2.24) is 5.32 Å². The number of rotatable bonds is 8. The van der Waals surface area contributed by atoms with E-state index in [1.165, 1.54) is 37.7 Å². The van der Waals surface area contributed by atoms with E-state index in [-0.39, 0.29) is 0 Å². The van der Waals surface area contributed by atoms with Gasteiger partial charge in [-0.3, -0.25) is 0 Å². The first-order valence-corrected chi connectivity index (χ1v) is 7.31. The molecule has 2 rings (SSSR count). The lowest BCUT2D eigenvalue weighted by Crippen LogP contribution is -2.31. The van der Waals surface area contributed by atoms with E-state index in [0.29, 0.717) is 5.75 Å². The van der Waals surface area contributed by atoms with Gasteiger partial charge in [-0.05, 0) is 68.7 Å². The van der Waals surface area contributed by atoms with Gasteiger partial charge in [0, 0.05) is 6.04 Å². The Bertz CT molecular complexity index is 360. The summed E-state index contributed by atoms with van der Waals surface area (Å²) in [5.41, 5.74) is 1.25. The van der Waals surface area contributed by atoms with Gasteiger partial charge in [-0.2, -0.15) is 0 Å². The lowest BCUT2D eigenvalue weighted by Gasteiger charge is -2.17. The molecular formula is C16H25NO. The molecule has 2 N–H and O–H groups in total. The molecule has 0 bridgehead atoms. The monoisotopic (exact) mass is 247 g/mol. The normalized spacial score (nSPS) is 16.7. The Kier molecular flexibility index (Phi) is 5.06. The fraction of sp³-hybridized carbons (Fsp3) is 0.625. The minimum atomic E-state index is 0.385. The highest BCUT2D eigenvalue weighted by atomic mass is 16.3. The number of phenolic OH excluding ortho intramolecular Hbond substituents is 1. The molecule has 0 radical (unpaired) electrons. The van der Waals surface area contributed by atoms with Crippen molar-refractivity contribution in [3.05, 3.63) is 29.8 Å². The van der Waals surface area contributed by atoms with Crippen LogP contribution in [0.2, 0.25) is 0 Å². The molecule has 1 aromatic rings. The van der Waals surface area contributed by atoms with Gasteiger partial charge in [-0.15, -0.1) is 0 Å². The molecule has 1 atom stereocenters. The number of hydrogen-bond donors (Lipinski definition) is 2. The van der Waals surface area contributed by atoms with Gasteiger partial charge in [0.05, 0.1) is 0 Å². The van der Waals surface area contributed by atoms with E-state index in [1.54, 1.807) is 6.07 Å². The van der Waals surface area contributed by atoms with Crippen molar-refractivity contribution < 1.29 is 5.11 Å². The molecule has 1 aliphatic carbocycles. The number of hydrogen-bond acceptors (Lipinski definition) is 2. The third-order valence-electron chi connectivity index (χ3n) is 3.74. The van der Waals surface area contributed by atoms with E-state index in [4.69, 9.17) is 0 Å². The van der Waals surface area contributed by atoms with Crippen LogP contribution in [0.4, 0.5) is 0 Å². The second kappa shape index (κ2) is 6.79. The molecule has 0 spiro atoms. The van der Waals surface area contributed by atoms with Gasteiger partial charge in [-0.1, -0.05) is 19.1 Å². The summed E-state index contributed by atoms with van der Waals surface area (Å²) in [5, 5.41) is 13.1. The van der Waals surface area contributed by atoms with Gasteiger partial charge in [0.15, 0.2) is 0 Å². The molecule has 1 unspecified atom stereocenters. The first-order chi connectivity index (χ1) is 8.79. The Hall–Kier alpha value is -1.02. The fourth-order valence-corrected chi connectivity index (χ4v) is 2.57. The molecular weight excluding hydrogens is 222 g/mol. The van der Waals surface area contributed by atoms with Crippen LogP contribution in [0, 0.1) is 5.92 Å². The van der Waals surface area contributed by atoms with Crippen LogP contribution in [0.1, 0.15) is 44.6 Å². The van der Waals surface area contributed by atoms with Crippen LogP contribution in [0.3, 0.4) is 0 Å². The highest BCUT2D eigenvalue weighted by Crippen LogP contribution is 2.34. The van der Waals surface area contributed by atoms with E-state index >= 15 is 0 Å². The van der Waals surface area contributed by atoms with Gasteiger partial charge in [0.1, 0.15) is 5.75 Å². The second-order valence-electron chi connectivity index (χ2n) is 5.46. The summed E-state index contributed by atoms with van der Waals surface area (Å²) < 4.78 is 0. The molecule has 1 aliphatic rings. The SMILES string of the molecule is CCCNC(CCCc1cccc(O)c1)C1CC1. The first kappa shape index (κ1) is 13.4. The molecule has 0 aliphatic heterocycles. The molecule has 0 amide bonds. The zero-order chi connectivity index (χ0) is 12.8. The van der Waals surface area contributed by atoms with Crippen LogP contribution in [0.5, 0.6) is 5.75 Å². The van der Waals surface area contributed by atoms with Crippen molar-refractivity contribution in [1.29, 1.82) is 0 Å². The number of nitrogens with one attached hydrogen (secondary N) is 1. The van der Waals surface area contributed by atoms with Crippen molar-refractivity contribution in [2.75, 3.05) is 6.54 Å². The summed E-state index contributed by atoms with van der Waals surface area (Å²) in [6.45, 7) is 3.37. The molecule has 0 saturated heterocycles. The zero-order valence-corrected chi connectivity index (χ0v) is 11.4. The topological polar surface area (TPSA) is 32.3 Å². The van der Waals surface area contributed by atoms with Crippen molar-refractivity contribution in [2.45, 2.75) is 51.5 Å². The van der Waals surface area contributed by atoms with E-state index in [1.807, 2.05) is 12.1 Å². The largest absolute Gasteiger partial charge is 0.508 e. The Morgan fingerprint density at radius 1 is 1.39 bits per heavy atom. The molecule has 2 heteroatoms. The minimum absolute atomic E-state index is 0.385.